The second-order valence-electron chi connectivity index (χ2n) is 5.54. The molecule has 0 aliphatic heterocycles. The first kappa shape index (κ1) is 15.9. The monoisotopic (exact) mass is 348 g/mol. The average Bonchev–Trinajstić information content (AvgIpc) is 3.39. The van der Waals surface area contributed by atoms with Crippen molar-refractivity contribution in [1.29, 1.82) is 0 Å². The summed E-state index contributed by atoms with van der Waals surface area (Å²) in [6.45, 7) is 0. The van der Waals surface area contributed by atoms with Gasteiger partial charge in [0.15, 0.2) is 11.5 Å². The van der Waals surface area contributed by atoms with Crippen LogP contribution in [0.1, 0.15) is 0 Å². The quantitative estimate of drug-likeness (QED) is 0.590. The Morgan fingerprint density at radius 3 is 2.50 bits per heavy atom. The van der Waals surface area contributed by atoms with E-state index in [0.717, 1.165) is 22.4 Å². The van der Waals surface area contributed by atoms with Crippen LogP contribution in [-0.2, 0) is 0 Å². The van der Waals surface area contributed by atoms with E-state index in [1.165, 1.54) is 0 Å². The fourth-order valence-corrected chi connectivity index (χ4v) is 2.67. The number of nitrogens with zero attached hydrogens (tertiary/aromatic N) is 3. The second kappa shape index (κ2) is 6.72. The maximum absolute atomic E-state index is 5.43. The van der Waals surface area contributed by atoms with Crippen LogP contribution in [0.5, 0.6) is 11.5 Å². The first-order valence-electron chi connectivity index (χ1n) is 7.95. The lowest BCUT2D eigenvalue weighted by molar-refractivity contribution is 0.355. The normalized spacial score (nSPS) is 10.7. The van der Waals surface area contributed by atoms with Gasteiger partial charge >= 0.3 is 0 Å². The molecule has 0 fully saturated rings. The zero-order chi connectivity index (χ0) is 17.9. The number of ether oxygens (including phenoxy) is 2. The van der Waals surface area contributed by atoms with Gasteiger partial charge in [-0.25, -0.2) is 0 Å². The van der Waals surface area contributed by atoms with E-state index in [1.807, 2.05) is 36.4 Å². The van der Waals surface area contributed by atoms with Crippen molar-refractivity contribution in [3.05, 3.63) is 54.7 Å². The number of benzene rings is 2. The molecule has 26 heavy (non-hydrogen) atoms. The number of methoxy groups -OCH3 is 2. The molecule has 7 heteroatoms. The molecule has 0 unspecified atom stereocenters. The molecule has 0 atom stereocenters. The van der Waals surface area contributed by atoms with E-state index in [9.17, 15) is 0 Å². The standard InChI is InChI=1S/C19H16N4O3/c1-24-16-7-6-14(11-17(16)25-2)19-21-18(23-26-19)13-5-3-4-12(10-13)15-8-9-20-22-15/h3-11H,1-2H3,(H,20,22). The summed E-state index contributed by atoms with van der Waals surface area (Å²) in [6, 6.07) is 15.2. The van der Waals surface area contributed by atoms with E-state index >= 15 is 0 Å². The first-order chi connectivity index (χ1) is 12.8. The van der Waals surface area contributed by atoms with Gasteiger partial charge in [0.05, 0.1) is 19.9 Å². The third-order valence-electron chi connectivity index (χ3n) is 3.99. The van der Waals surface area contributed by atoms with Gasteiger partial charge in [-0.05, 0) is 30.3 Å². The van der Waals surface area contributed by atoms with Gasteiger partial charge in [-0.1, -0.05) is 23.4 Å². The summed E-state index contributed by atoms with van der Waals surface area (Å²) in [5.41, 5.74) is 3.53. The molecule has 0 saturated carbocycles. The summed E-state index contributed by atoms with van der Waals surface area (Å²) in [4.78, 5) is 4.50. The van der Waals surface area contributed by atoms with E-state index in [4.69, 9.17) is 14.0 Å². The van der Waals surface area contributed by atoms with E-state index in [0.29, 0.717) is 23.2 Å². The molecule has 0 saturated heterocycles. The van der Waals surface area contributed by atoms with Crippen molar-refractivity contribution < 1.29 is 14.0 Å². The highest BCUT2D eigenvalue weighted by Crippen LogP contribution is 2.32. The summed E-state index contributed by atoms with van der Waals surface area (Å²) >= 11 is 0. The van der Waals surface area contributed by atoms with Crippen LogP contribution in [0.25, 0.3) is 34.1 Å². The van der Waals surface area contributed by atoms with Crippen molar-refractivity contribution in [2.24, 2.45) is 0 Å². The van der Waals surface area contributed by atoms with E-state index < -0.39 is 0 Å². The molecular formula is C19H16N4O3. The molecule has 0 spiro atoms. The number of aromatic nitrogens is 4. The molecular weight excluding hydrogens is 332 g/mol. The van der Waals surface area contributed by atoms with Gasteiger partial charge in [-0.3, -0.25) is 5.10 Å². The van der Waals surface area contributed by atoms with Crippen LogP contribution in [0, 0.1) is 0 Å². The number of rotatable bonds is 5. The predicted molar refractivity (Wildman–Crippen MR) is 95.9 cm³/mol. The third-order valence-corrected chi connectivity index (χ3v) is 3.99. The molecule has 0 bridgehead atoms. The fraction of sp³-hybridized carbons (Fsp3) is 0.105. The Kier molecular flexibility index (Phi) is 4.10. The molecule has 1 N–H and O–H groups in total. The zero-order valence-corrected chi connectivity index (χ0v) is 14.3. The Bertz CT molecular complexity index is 1020. The maximum Gasteiger partial charge on any atom is 0.258 e. The van der Waals surface area contributed by atoms with Crippen molar-refractivity contribution in [1.82, 2.24) is 20.3 Å². The van der Waals surface area contributed by atoms with Crippen LogP contribution < -0.4 is 9.47 Å². The molecule has 0 aliphatic rings. The molecule has 0 amide bonds. The van der Waals surface area contributed by atoms with Crippen molar-refractivity contribution in [3.8, 4) is 45.6 Å². The molecule has 2 aromatic carbocycles. The van der Waals surface area contributed by atoms with Crippen LogP contribution in [0.2, 0.25) is 0 Å². The Morgan fingerprint density at radius 2 is 1.73 bits per heavy atom. The molecule has 2 heterocycles. The maximum atomic E-state index is 5.43. The Labute approximate surface area is 149 Å². The highest BCUT2D eigenvalue weighted by atomic mass is 16.5. The van der Waals surface area contributed by atoms with Gasteiger partial charge in [0, 0.05) is 22.9 Å². The van der Waals surface area contributed by atoms with E-state index in [-0.39, 0.29) is 0 Å². The van der Waals surface area contributed by atoms with E-state index in [1.54, 1.807) is 32.5 Å². The van der Waals surface area contributed by atoms with Gasteiger partial charge in [0.1, 0.15) is 0 Å². The van der Waals surface area contributed by atoms with Gasteiger partial charge in [-0.15, -0.1) is 0 Å². The lowest BCUT2D eigenvalue weighted by Gasteiger charge is -2.07. The van der Waals surface area contributed by atoms with Gasteiger partial charge in [0.25, 0.3) is 5.89 Å². The van der Waals surface area contributed by atoms with Crippen molar-refractivity contribution >= 4 is 0 Å². The Balaban J connectivity index is 1.68. The highest BCUT2D eigenvalue weighted by Gasteiger charge is 2.14. The largest absolute Gasteiger partial charge is 0.493 e. The lowest BCUT2D eigenvalue weighted by atomic mass is 10.1. The summed E-state index contributed by atoms with van der Waals surface area (Å²) in [5, 5.41) is 11.0. The second-order valence-corrected chi connectivity index (χ2v) is 5.54. The van der Waals surface area contributed by atoms with Crippen molar-refractivity contribution in [2.75, 3.05) is 14.2 Å². The predicted octanol–water partition coefficient (Wildman–Crippen LogP) is 3.81. The van der Waals surface area contributed by atoms with Gasteiger partial charge in [0.2, 0.25) is 5.82 Å². The van der Waals surface area contributed by atoms with Crippen LogP contribution >= 0.6 is 0 Å². The smallest absolute Gasteiger partial charge is 0.258 e. The molecule has 4 aromatic rings. The SMILES string of the molecule is COc1ccc(-c2nc(-c3cccc(-c4ccn[nH]4)c3)no2)cc1OC. The summed E-state index contributed by atoms with van der Waals surface area (Å²) in [7, 11) is 3.18. The molecule has 4 rings (SSSR count). The Hall–Kier alpha value is -3.61. The lowest BCUT2D eigenvalue weighted by Crippen LogP contribution is -1.91. The topological polar surface area (TPSA) is 86.1 Å². The van der Waals surface area contributed by atoms with Crippen LogP contribution in [0.3, 0.4) is 0 Å². The zero-order valence-electron chi connectivity index (χ0n) is 14.3. The summed E-state index contributed by atoms with van der Waals surface area (Å²) in [6.07, 6.45) is 1.71. The molecule has 130 valence electrons. The number of hydrogen-bond donors (Lipinski definition) is 1. The minimum absolute atomic E-state index is 0.410. The van der Waals surface area contributed by atoms with E-state index in [2.05, 4.69) is 20.3 Å². The molecule has 0 radical (unpaired) electrons. The Morgan fingerprint density at radius 1 is 0.885 bits per heavy atom. The van der Waals surface area contributed by atoms with Crippen molar-refractivity contribution in [3.63, 3.8) is 0 Å². The first-order valence-corrected chi connectivity index (χ1v) is 7.95. The number of hydrogen-bond acceptors (Lipinski definition) is 6. The number of H-pyrrole nitrogens is 1. The summed E-state index contributed by atoms with van der Waals surface area (Å²) < 4.78 is 16.0. The molecule has 7 nitrogen and oxygen atoms in total. The molecule has 0 aliphatic carbocycles. The minimum atomic E-state index is 0.410. The summed E-state index contributed by atoms with van der Waals surface area (Å²) in [5.74, 6) is 2.17. The minimum Gasteiger partial charge on any atom is -0.493 e. The third kappa shape index (κ3) is 2.90. The number of aromatic amines is 1. The highest BCUT2D eigenvalue weighted by molar-refractivity contribution is 5.69. The van der Waals surface area contributed by atoms with Crippen LogP contribution in [-0.4, -0.2) is 34.6 Å². The van der Waals surface area contributed by atoms with Gasteiger partial charge < -0.3 is 14.0 Å². The number of nitrogens with one attached hydrogen (secondary N) is 1. The van der Waals surface area contributed by atoms with Crippen molar-refractivity contribution in [2.45, 2.75) is 0 Å². The van der Waals surface area contributed by atoms with Crippen LogP contribution in [0.4, 0.5) is 0 Å². The fourth-order valence-electron chi connectivity index (χ4n) is 2.67. The molecule has 2 aromatic heterocycles. The average molecular weight is 348 g/mol. The van der Waals surface area contributed by atoms with Crippen LogP contribution in [0.15, 0.2) is 59.3 Å². The van der Waals surface area contributed by atoms with Gasteiger partial charge in [-0.2, -0.15) is 10.1 Å².